The number of carboxylic acid groups (broad SMARTS) is 1. The number of rotatable bonds is 13. The van der Waals surface area contributed by atoms with Crippen LogP contribution in [0.4, 0.5) is 5.82 Å². The van der Waals surface area contributed by atoms with Gasteiger partial charge in [0, 0.05) is 12.1 Å². The maximum atomic E-state index is 12.7. The lowest BCUT2D eigenvalue weighted by atomic mass is 9.69. The molecule has 5 rings (SSSR count). The Hall–Kier alpha value is -2.68. The number of hydrogen-bond donors (Lipinski definition) is 5. The van der Waals surface area contributed by atoms with Gasteiger partial charge in [0.1, 0.15) is 5.82 Å². The quantitative estimate of drug-likeness (QED) is 0.120. The molecule has 3 aliphatic carbocycles. The van der Waals surface area contributed by atoms with Crippen molar-refractivity contribution in [2.24, 2.45) is 35.5 Å². The van der Waals surface area contributed by atoms with Crippen LogP contribution in [0.5, 0.6) is 0 Å². The Morgan fingerprint density at radius 3 is 2.55 bits per heavy atom. The Labute approximate surface area is 281 Å². The number of nitrogen functional groups attached to an aromatic ring is 1. The molecule has 8 heteroatoms. The number of allylic oxidation sites excluding steroid dienone is 1. The highest BCUT2D eigenvalue weighted by Crippen LogP contribution is 2.53. The summed E-state index contributed by atoms with van der Waals surface area (Å²) in [7, 11) is 0. The van der Waals surface area contributed by atoms with E-state index in [4.69, 9.17) is 10.7 Å². The van der Waals surface area contributed by atoms with Gasteiger partial charge in [-0.2, -0.15) is 11.9 Å². The van der Waals surface area contributed by atoms with E-state index in [-0.39, 0.29) is 42.1 Å². The van der Waals surface area contributed by atoms with Crippen LogP contribution in [0.1, 0.15) is 120 Å². The second kappa shape index (κ2) is 16.6. The van der Waals surface area contributed by atoms with Crippen molar-refractivity contribution in [3.05, 3.63) is 60.1 Å². The largest absolute Gasteiger partial charge is 0.667 e. The van der Waals surface area contributed by atoms with E-state index in [9.17, 15) is 25.2 Å². The molecule has 0 aliphatic heterocycles. The number of anilines is 1. The van der Waals surface area contributed by atoms with Gasteiger partial charge in [0.15, 0.2) is 0 Å². The monoisotopic (exact) mass is 648 g/mol. The Balaban J connectivity index is 1.26. The summed E-state index contributed by atoms with van der Waals surface area (Å²) in [5.41, 5.74) is 7.03. The maximum Gasteiger partial charge on any atom is 0.309 e. The van der Waals surface area contributed by atoms with Crippen molar-refractivity contribution in [3.8, 4) is 0 Å². The van der Waals surface area contributed by atoms with E-state index in [1.54, 1.807) is 6.20 Å². The van der Waals surface area contributed by atoms with Crippen molar-refractivity contribution in [2.75, 3.05) is 5.73 Å². The molecule has 10 unspecified atom stereocenters. The lowest BCUT2D eigenvalue weighted by molar-refractivity contribution is -0.150. The second-order valence-electron chi connectivity index (χ2n) is 15.2. The minimum absolute atomic E-state index is 0.0162. The molecule has 8 nitrogen and oxygen atoms in total. The molecular formula is C39H58N3O5-. The highest BCUT2D eigenvalue weighted by Gasteiger charge is 2.50. The molecule has 3 aliphatic rings. The van der Waals surface area contributed by atoms with Crippen LogP contribution in [0.15, 0.2) is 48.8 Å². The fraction of sp³-hybridized carbons (Fsp3) is 0.692. The van der Waals surface area contributed by atoms with Crippen LogP contribution in [-0.2, 0) is 11.2 Å². The standard InChI is InChI=1S/C39H58N3O5/c1-2-3-4-8-26-12-13-29(35(44)23-26)9-5-6-10-30-14-15-31(33-11-7-19-41-33)32-22-28(21-27-17-20-42-36(40)24-27)25-39(32,47)18-16-34(43)37(30)38(45)46/h7,11-13,17,19-20,24,26,28-32,34-35,37,43-44,47H,2-6,8-10,14-16,18,21-23,25H2,1H3,(H2,40,42)(H,45,46)/q-1. The predicted molar refractivity (Wildman–Crippen MR) is 184 cm³/mol. The number of nitrogens with two attached hydrogens (primary N) is 1. The summed E-state index contributed by atoms with van der Waals surface area (Å²) >= 11 is 0. The zero-order valence-electron chi connectivity index (χ0n) is 28.3. The third kappa shape index (κ3) is 9.27. The van der Waals surface area contributed by atoms with Crippen molar-refractivity contribution in [1.82, 2.24) is 9.97 Å². The molecule has 6 N–H and O–H groups in total. The average Bonchev–Trinajstić information content (AvgIpc) is 3.67. The highest BCUT2D eigenvalue weighted by molar-refractivity contribution is 5.71. The number of aliphatic carboxylic acids is 1. The molecule has 0 bridgehead atoms. The molecule has 2 fully saturated rings. The van der Waals surface area contributed by atoms with Gasteiger partial charge < -0.3 is 31.1 Å². The van der Waals surface area contributed by atoms with Gasteiger partial charge in [0.05, 0.1) is 23.7 Å². The van der Waals surface area contributed by atoms with Crippen molar-refractivity contribution < 1.29 is 25.2 Å². The maximum absolute atomic E-state index is 12.7. The summed E-state index contributed by atoms with van der Waals surface area (Å²) in [4.78, 5) is 21.5. The molecule has 2 aromatic heterocycles. The number of hydrogen-bond acceptors (Lipinski definition) is 6. The Kier molecular flexibility index (Phi) is 12.6. The first kappa shape index (κ1) is 35.6. The van der Waals surface area contributed by atoms with E-state index in [1.807, 2.05) is 30.5 Å². The molecule has 0 radical (unpaired) electrons. The Bertz CT molecular complexity index is 1280. The third-order valence-electron chi connectivity index (χ3n) is 11.9. The third-order valence-corrected chi connectivity index (χ3v) is 11.9. The van der Waals surface area contributed by atoms with Crippen LogP contribution >= 0.6 is 0 Å². The van der Waals surface area contributed by atoms with Crippen LogP contribution in [-0.4, -0.2) is 49.2 Å². The molecule has 2 saturated carbocycles. The normalized spacial score (nSPS) is 34.6. The summed E-state index contributed by atoms with van der Waals surface area (Å²) in [6.07, 6.45) is 20.0. The number of aliphatic hydroxyl groups excluding tert-OH is 2. The van der Waals surface area contributed by atoms with E-state index in [0.717, 1.165) is 69.0 Å². The van der Waals surface area contributed by atoms with Gasteiger partial charge in [-0.3, -0.25) is 4.79 Å². The molecule has 10 atom stereocenters. The van der Waals surface area contributed by atoms with E-state index < -0.39 is 23.6 Å². The summed E-state index contributed by atoms with van der Waals surface area (Å²) in [5.74, 6) is -0.639. The molecule has 0 aromatic carbocycles. The number of carboxylic acids is 1. The molecule has 260 valence electrons. The molecule has 0 saturated heterocycles. The van der Waals surface area contributed by atoms with Gasteiger partial charge in [-0.1, -0.05) is 63.3 Å². The van der Waals surface area contributed by atoms with Crippen LogP contribution < -0.4 is 10.7 Å². The second-order valence-corrected chi connectivity index (χ2v) is 15.2. The first-order valence-electron chi connectivity index (χ1n) is 18.4. The van der Waals surface area contributed by atoms with E-state index >= 15 is 0 Å². The number of nitrogens with zero attached hydrogens (tertiary/aromatic N) is 2. The summed E-state index contributed by atoms with van der Waals surface area (Å²) in [6, 6.07) is 7.88. The fourth-order valence-electron chi connectivity index (χ4n) is 9.43. The Morgan fingerprint density at radius 2 is 1.83 bits per heavy atom. The SMILES string of the molecule is CCCCCC1C=CC(CCCCC2CCC(c3ccc[n-]3)C3CC(Cc4ccnc(N)c4)CC3(O)CCC(O)C2C(=O)O)C(O)C1. The molecule has 2 aromatic rings. The smallest absolute Gasteiger partial charge is 0.309 e. The Morgan fingerprint density at radius 1 is 1.02 bits per heavy atom. The van der Waals surface area contributed by atoms with Crippen molar-refractivity contribution in [1.29, 1.82) is 0 Å². The number of aliphatic hydroxyl groups is 3. The summed E-state index contributed by atoms with van der Waals surface area (Å²) in [5, 5.41) is 44.9. The summed E-state index contributed by atoms with van der Waals surface area (Å²) < 4.78 is 0. The first-order chi connectivity index (χ1) is 22.7. The minimum Gasteiger partial charge on any atom is -0.667 e. The van der Waals surface area contributed by atoms with Gasteiger partial charge in [0.25, 0.3) is 0 Å². The van der Waals surface area contributed by atoms with Crippen molar-refractivity contribution >= 4 is 11.8 Å². The summed E-state index contributed by atoms with van der Waals surface area (Å²) in [6.45, 7) is 2.21. The lowest BCUT2D eigenvalue weighted by Gasteiger charge is -2.41. The average molecular weight is 649 g/mol. The number of unbranched alkanes of at least 4 members (excludes halogenated alkanes) is 3. The predicted octanol–water partition coefficient (Wildman–Crippen LogP) is 6.65. The van der Waals surface area contributed by atoms with Gasteiger partial charge in [-0.25, -0.2) is 4.98 Å². The number of carbonyl (C=O) groups is 1. The van der Waals surface area contributed by atoms with Gasteiger partial charge in [-0.15, -0.1) is 0 Å². The molecular weight excluding hydrogens is 590 g/mol. The van der Waals surface area contributed by atoms with Gasteiger partial charge in [-0.05, 0) is 118 Å². The molecule has 2 heterocycles. The molecule has 47 heavy (non-hydrogen) atoms. The lowest BCUT2D eigenvalue weighted by Crippen LogP contribution is -2.42. The molecule has 0 amide bonds. The van der Waals surface area contributed by atoms with Gasteiger partial charge in [0.2, 0.25) is 0 Å². The van der Waals surface area contributed by atoms with Crippen LogP contribution in [0.25, 0.3) is 0 Å². The number of pyridine rings is 1. The van der Waals surface area contributed by atoms with Crippen molar-refractivity contribution in [3.63, 3.8) is 0 Å². The van der Waals surface area contributed by atoms with Crippen LogP contribution in [0.3, 0.4) is 0 Å². The highest BCUT2D eigenvalue weighted by atomic mass is 16.4. The molecule has 0 spiro atoms. The zero-order chi connectivity index (χ0) is 33.4. The van der Waals surface area contributed by atoms with Crippen LogP contribution in [0.2, 0.25) is 0 Å². The van der Waals surface area contributed by atoms with Crippen molar-refractivity contribution in [2.45, 2.75) is 133 Å². The fourth-order valence-corrected chi connectivity index (χ4v) is 9.43. The topological polar surface area (TPSA) is 151 Å². The number of aromatic nitrogens is 2. The van der Waals surface area contributed by atoms with E-state index in [1.165, 1.54) is 19.3 Å². The van der Waals surface area contributed by atoms with Crippen LogP contribution in [0, 0.1) is 35.5 Å². The van der Waals surface area contributed by atoms with Gasteiger partial charge >= 0.3 is 5.97 Å². The zero-order valence-corrected chi connectivity index (χ0v) is 28.3. The van der Waals surface area contributed by atoms with E-state index in [0.29, 0.717) is 31.0 Å². The number of fused-ring (bicyclic) bond motifs is 1. The minimum atomic E-state index is -1.01. The van der Waals surface area contributed by atoms with E-state index in [2.05, 4.69) is 24.1 Å². The first-order valence-corrected chi connectivity index (χ1v) is 18.4.